The van der Waals surface area contributed by atoms with Gasteiger partial charge < -0.3 is 15.6 Å². The van der Waals surface area contributed by atoms with Crippen molar-refractivity contribution in [3.8, 4) is 0 Å². The minimum atomic E-state index is -0.607. The van der Waals surface area contributed by atoms with Gasteiger partial charge in [0.05, 0.1) is 25.2 Å². The fraction of sp³-hybridized carbons (Fsp3) is 0.455. The van der Waals surface area contributed by atoms with Crippen molar-refractivity contribution in [3.05, 3.63) is 34.6 Å². The molecule has 1 heterocycles. The van der Waals surface area contributed by atoms with Crippen LogP contribution in [0.1, 0.15) is 11.6 Å². The van der Waals surface area contributed by atoms with Gasteiger partial charge in [0.15, 0.2) is 0 Å². The number of nitrogens with two attached hydrogens (primary N) is 1. The van der Waals surface area contributed by atoms with Crippen LogP contribution in [0.15, 0.2) is 18.2 Å². The lowest BCUT2D eigenvalue weighted by molar-refractivity contribution is -0.150. The van der Waals surface area contributed by atoms with Crippen molar-refractivity contribution in [2.45, 2.75) is 6.04 Å². The number of ether oxygens (including phenoxy) is 1. The van der Waals surface area contributed by atoms with Gasteiger partial charge in [-0.15, -0.1) is 0 Å². The van der Waals surface area contributed by atoms with E-state index in [2.05, 4.69) is 0 Å². The second-order valence-corrected chi connectivity index (χ2v) is 4.59. The standard InChI is InChI=1S/C11H13ClFNO2/c12-7-1-2-9(13)8(3-7)10(14)11(4-15)5-16-6-11/h1-3,10,15H,4-6,14H2. The lowest BCUT2D eigenvalue weighted by atomic mass is 9.76. The molecule has 3 N–H and O–H groups in total. The number of aliphatic hydroxyl groups is 1. The van der Waals surface area contributed by atoms with Gasteiger partial charge in [0.25, 0.3) is 0 Å². The highest BCUT2D eigenvalue weighted by molar-refractivity contribution is 6.30. The first kappa shape index (κ1) is 11.8. The van der Waals surface area contributed by atoms with Crippen molar-refractivity contribution in [1.29, 1.82) is 0 Å². The van der Waals surface area contributed by atoms with Gasteiger partial charge in [-0.3, -0.25) is 0 Å². The van der Waals surface area contributed by atoms with Gasteiger partial charge >= 0.3 is 0 Å². The Morgan fingerprint density at radius 3 is 2.75 bits per heavy atom. The molecule has 88 valence electrons. The number of hydrogen-bond acceptors (Lipinski definition) is 3. The van der Waals surface area contributed by atoms with Crippen LogP contribution in [0.2, 0.25) is 5.02 Å². The molecule has 5 heteroatoms. The summed E-state index contributed by atoms with van der Waals surface area (Å²) in [5.41, 5.74) is 5.72. The van der Waals surface area contributed by atoms with E-state index in [-0.39, 0.29) is 6.61 Å². The van der Waals surface area contributed by atoms with E-state index in [1.165, 1.54) is 18.2 Å². The van der Waals surface area contributed by atoms with Crippen LogP contribution in [0.4, 0.5) is 4.39 Å². The van der Waals surface area contributed by atoms with E-state index in [4.69, 9.17) is 22.1 Å². The Bertz CT molecular complexity index is 390. The third kappa shape index (κ3) is 1.82. The van der Waals surface area contributed by atoms with E-state index < -0.39 is 17.3 Å². The number of rotatable bonds is 3. The lowest BCUT2D eigenvalue weighted by Gasteiger charge is -2.44. The number of aliphatic hydroxyl groups excluding tert-OH is 1. The van der Waals surface area contributed by atoms with Gasteiger partial charge in [-0.25, -0.2) is 4.39 Å². The molecule has 1 aromatic carbocycles. The zero-order valence-electron chi connectivity index (χ0n) is 8.62. The maximum atomic E-state index is 13.6. The first-order valence-corrected chi connectivity index (χ1v) is 5.36. The Hall–Kier alpha value is -0.680. The van der Waals surface area contributed by atoms with Crippen LogP contribution in [0.5, 0.6) is 0 Å². The van der Waals surface area contributed by atoms with Gasteiger partial charge in [0.1, 0.15) is 5.82 Å². The van der Waals surface area contributed by atoms with Crippen molar-refractivity contribution in [1.82, 2.24) is 0 Å². The molecule has 0 aromatic heterocycles. The number of benzene rings is 1. The number of hydrogen-bond donors (Lipinski definition) is 2. The molecule has 0 bridgehead atoms. The highest BCUT2D eigenvalue weighted by Crippen LogP contribution is 2.39. The van der Waals surface area contributed by atoms with E-state index in [1.807, 2.05) is 0 Å². The van der Waals surface area contributed by atoms with Crippen LogP contribution in [-0.4, -0.2) is 24.9 Å². The molecular weight excluding hydrogens is 233 g/mol. The third-order valence-corrected chi connectivity index (χ3v) is 3.28. The molecule has 1 aromatic rings. The van der Waals surface area contributed by atoms with E-state index >= 15 is 0 Å². The first-order valence-electron chi connectivity index (χ1n) is 4.98. The summed E-state index contributed by atoms with van der Waals surface area (Å²) in [5.74, 6) is -0.406. The Kier molecular flexibility index (Phi) is 3.17. The zero-order chi connectivity index (χ0) is 11.8. The fourth-order valence-electron chi connectivity index (χ4n) is 1.82. The molecule has 0 spiro atoms. The monoisotopic (exact) mass is 245 g/mol. The topological polar surface area (TPSA) is 55.5 Å². The summed E-state index contributed by atoms with van der Waals surface area (Å²) in [6, 6.07) is 3.64. The molecule has 16 heavy (non-hydrogen) atoms. The molecule has 0 radical (unpaired) electrons. The summed E-state index contributed by atoms with van der Waals surface area (Å²) >= 11 is 5.80. The van der Waals surface area contributed by atoms with E-state index in [0.717, 1.165) is 0 Å². The smallest absolute Gasteiger partial charge is 0.128 e. The van der Waals surface area contributed by atoms with Gasteiger partial charge in [0.2, 0.25) is 0 Å². The van der Waals surface area contributed by atoms with Crippen molar-refractivity contribution < 1.29 is 14.2 Å². The van der Waals surface area contributed by atoms with Crippen molar-refractivity contribution >= 4 is 11.6 Å². The summed E-state index contributed by atoms with van der Waals surface area (Å²) in [4.78, 5) is 0. The summed E-state index contributed by atoms with van der Waals surface area (Å²) < 4.78 is 18.6. The lowest BCUT2D eigenvalue weighted by Crippen LogP contribution is -2.53. The van der Waals surface area contributed by atoms with Gasteiger partial charge in [0, 0.05) is 16.6 Å². The predicted octanol–water partition coefficient (Wildman–Crippen LogP) is 1.49. The zero-order valence-corrected chi connectivity index (χ0v) is 9.38. The SMILES string of the molecule is NC(c1cc(Cl)ccc1F)C1(CO)COC1. The maximum Gasteiger partial charge on any atom is 0.128 e. The molecule has 3 nitrogen and oxygen atoms in total. The summed E-state index contributed by atoms with van der Waals surface area (Å²) in [5, 5.41) is 9.74. The van der Waals surface area contributed by atoms with Gasteiger partial charge in [-0.05, 0) is 18.2 Å². The summed E-state index contributed by atoms with van der Waals surface area (Å²) in [7, 11) is 0. The Morgan fingerprint density at radius 1 is 1.56 bits per heavy atom. The second-order valence-electron chi connectivity index (χ2n) is 4.16. The quantitative estimate of drug-likeness (QED) is 0.848. The molecule has 0 amide bonds. The van der Waals surface area contributed by atoms with Crippen molar-refractivity contribution in [3.63, 3.8) is 0 Å². The molecule has 1 saturated heterocycles. The largest absolute Gasteiger partial charge is 0.396 e. The number of halogens is 2. The molecule has 1 atom stereocenters. The molecule has 1 aliphatic rings. The molecular formula is C11H13ClFNO2. The average Bonchev–Trinajstić information content (AvgIpc) is 2.21. The predicted molar refractivity (Wildman–Crippen MR) is 58.7 cm³/mol. The Morgan fingerprint density at radius 2 is 2.25 bits per heavy atom. The Balaban J connectivity index is 2.32. The maximum absolute atomic E-state index is 13.6. The first-order chi connectivity index (χ1) is 7.59. The normalized spacial score (nSPS) is 20.2. The van der Waals surface area contributed by atoms with Crippen molar-refractivity contribution in [2.24, 2.45) is 11.1 Å². The van der Waals surface area contributed by atoms with E-state index in [9.17, 15) is 9.50 Å². The van der Waals surface area contributed by atoms with Crippen LogP contribution < -0.4 is 5.73 Å². The van der Waals surface area contributed by atoms with Crippen LogP contribution in [-0.2, 0) is 4.74 Å². The van der Waals surface area contributed by atoms with Crippen molar-refractivity contribution in [2.75, 3.05) is 19.8 Å². The molecule has 0 aliphatic carbocycles. The van der Waals surface area contributed by atoms with E-state index in [1.54, 1.807) is 0 Å². The highest BCUT2D eigenvalue weighted by Gasteiger charge is 2.45. The van der Waals surface area contributed by atoms with Crippen LogP contribution in [0.3, 0.4) is 0 Å². The third-order valence-electron chi connectivity index (χ3n) is 3.05. The molecule has 2 rings (SSSR count). The van der Waals surface area contributed by atoms with Crippen LogP contribution >= 0.6 is 11.6 Å². The summed E-state index contributed by atoms with van der Waals surface area (Å²) in [6.45, 7) is 0.563. The van der Waals surface area contributed by atoms with Gasteiger partial charge in [-0.2, -0.15) is 0 Å². The van der Waals surface area contributed by atoms with Gasteiger partial charge in [-0.1, -0.05) is 11.6 Å². The molecule has 1 unspecified atom stereocenters. The minimum Gasteiger partial charge on any atom is -0.396 e. The minimum absolute atomic E-state index is 0.125. The molecule has 1 aliphatic heterocycles. The Labute approximate surface area is 98.0 Å². The van der Waals surface area contributed by atoms with Crippen LogP contribution in [0, 0.1) is 11.2 Å². The molecule has 1 fully saturated rings. The second kappa shape index (κ2) is 4.30. The summed E-state index contributed by atoms with van der Waals surface area (Å²) in [6.07, 6.45) is 0. The van der Waals surface area contributed by atoms with E-state index in [0.29, 0.717) is 23.8 Å². The fourth-order valence-corrected chi connectivity index (χ4v) is 2.00. The highest BCUT2D eigenvalue weighted by atomic mass is 35.5. The molecule has 0 saturated carbocycles. The average molecular weight is 246 g/mol. The van der Waals surface area contributed by atoms with Crippen LogP contribution in [0.25, 0.3) is 0 Å².